The molecule has 0 spiro atoms. The van der Waals surface area contributed by atoms with Crippen LogP contribution < -0.4 is 11.1 Å². The van der Waals surface area contributed by atoms with Crippen LogP contribution in [-0.4, -0.2) is 30.1 Å². The molecule has 1 atom stereocenters. The number of carbonyl (C=O) groups excluding carboxylic acids is 1. The van der Waals surface area contributed by atoms with E-state index in [1.807, 2.05) is 25.1 Å². The minimum Gasteiger partial charge on any atom is -0.397 e. The highest BCUT2D eigenvalue weighted by Crippen LogP contribution is 2.34. The maximum absolute atomic E-state index is 12.5. The molecule has 2 aromatic heterocycles. The van der Waals surface area contributed by atoms with Crippen molar-refractivity contribution in [1.29, 1.82) is 0 Å². The molecule has 6 heteroatoms. The highest BCUT2D eigenvalue weighted by atomic mass is 32.1. The number of amides is 1. The maximum Gasteiger partial charge on any atom is 0.263 e. The Kier molecular flexibility index (Phi) is 3.86. The fourth-order valence-electron chi connectivity index (χ4n) is 3.08. The minimum absolute atomic E-state index is 0.119. The van der Waals surface area contributed by atoms with Crippen LogP contribution in [0.2, 0.25) is 0 Å². The molecule has 1 saturated heterocycles. The number of benzene rings is 1. The predicted molar refractivity (Wildman–Crippen MR) is 97.6 cm³/mol. The number of hydrogen-bond acceptors (Lipinski definition) is 5. The van der Waals surface area contributed by atoms with Crippen molar-refractivity contribution in [3.63, 3.8) is 0 Å². The van der Waals surface area contributed by atoms with Crippen molar-refractivity contribution in [2.24, 2.45) is 0 Å². The third-order valence-corrected chi connectivity index (χ3v) is 5.50. The molecule has 3 N–H and O–H groups in total. The second-order valence-corrected chi connectivity index (χ2v) is 7.23. The van der Waals surface area contributed by atoms with E-state index in [4.69, 9.17) is 10.5 Å². The van der Waals surface area contributed by atoms with E-state index in [1.165, 1.54) is 16.9 Å². The number of fused-ring (bicyclic) bond motifs is 2. The number of thiophene rings is 1. The molecule has 124 valence electrons. The number of carbonyl (C=O) groups is 1. The van der Waals surface area contributed by atoms with Crippen molar-refractivity contribution in [3.05, 3.63) is 34.7 Å². The van der Waals surface area contributed by atoms with Gasteiger partial charge in [0.2, 0.25) is 0 Å². The van der Waals surface area contributed by atoms with Crippen molar-refractivity contribution in [2.75, 3.05) is 18.9 Å². The first-order valence-electron chi connectivity index (χ1n) is 8.11. The Morgan fingerprint density at radius 3 is 3.12 bits per heavy atom. The summed E-state index contributed by atoms with van der Waals surface area (Å²) in [6.07, 6.45) is 2.17. The lowest BCUT2D eigenvalue weighted by Crippen LogP contribution is -2.31. The molecule has 1 aliphatic rings. The number of hydrogen-bond donors (Lipinski definition) is 2. The predicted octanol–water partition coefficient (Wildman–Crippen LogP) is 3.25. The summed E-state index contributed by atoms with van der Waals surface area (Å²) in [5.74, 6) is -0.147. The van der Waals surface area contributed by atoms with Crippen molar-refractivity contribution in [3.8, 4) is 0 Å². The lowest BCUT2D eigenvalue weighted by atomic mass is 10.1. The van der Waals surface area contributed by atoms with Gasteiger partial charge in [-0.2, -0.15) is 0 Å². The fourth-order valence-corrected chi connectivity index (χ4v) is 4.08. The zero-order valence-electron chi connectivity index (χ0n) is 13.5. The van der Waals surface area contributed by atoms with Gasteiger partial charge < -0.3 is 15.8 Å². The van der Waals surface area contributed by atoms with Gasteiger partial charge in [0.25, 0.3) is 5.91 Å². The number of aromatic nitrogens is 1. The third kappa shape index (κ3) is 2.72. The van der Waals surface area contributed by atoms with Crippen LogP contribution in [0.3, 0.4) is 0 Å². The first kappa shape index (κ1) is 15.4. The number of ether oxygens (including phenoxy) is 1. The van der Waals surface area contributed by atoms with E-state index in [9.17, 15) is 4.79 Å². The average Bonchev–Trinajstić information content (AvgIpc) is 3.19. The summed E-state index contributed by atoms with van der Waals surface area (Å²) < 4.78 is 5.54. The summed E-state index contributed by atoms with van der Waals surface area (Å²) in [4.78, 5) is 18.5. The standard InChI is InChI=1S/C18H19N3O2S/c1-10-4-5-14-11(7-10)8-13-15(19)16(24-18(13)21-14)17(22)20-9-12-3-2-6-23-12/h4-5,7-8,12H,2-3,6,9,19H2,1H3,(H,20,22). The van der Waals surface area contributed by atoms with Crippen LogP contribution in [0.15, 0.2) is 24.3 Å². The summed E-state index contributed by atoms with van der Waals surface area (Å²) >= 11 is 1.34. The topological polar surface area (TPSA) is 77.2 Å². The Morgan fingerprint density at radius 1 is 1.46 bits per heavy atom. The molecule has 0 saturated carbocycles. The van der Waals surface area contributed by atoms with Crippen LogP contribution in [0.4, 0.5) is 5.69 Å². The molecule has 3 heterocycles. The van der Waals surface area contributed by atoms with Crippen LogP contribution in [0.5, 0.6) is 0 Å². The van der Waals surface area contributed by atoms with Gasteiger partial charge in [-0.15, -0.1) is 11.3 Å². The van der Waals surface area contributed by atoms with E-state index < -0.39 is 0 Å². The highest BCUT2D eigenvalue weighted by Gasteiger charge is 2.20. The number of aryl methyl sites for hydroxylation is 1. The molecule has 0 aliphatic carbocycles. The van der Waals surface area contributed by atoms with E-state index in [0.29, 0.717) is 17.1 Å². The number of nitrogen functional groups attached to an aromatic ring is 1. The van der Waals surface area contributed by atoms with Crippen LogP contribution >= 0.6 is 11.3 Å². The van der Waals surface area contributed by atoms with E-state index in [2.05, 4.69) is 16.4 Å². The van der Waals surface area contributed by atoms with Crippen molar-refractivity contribution < 1.29 is 9.53 Å². The molecule has 1 aliphatic heterocycles. The minimum atomic E-state index is -0.147. The maximum atomic E-state index is 12.5. The summed E-state index contributed by atoms with van der Waals surface area (Å²) in [5.41, 5.74) is 8.83. The van der Waals surface area contributed by atoms with Gasteiger partial charge >= 0.3 is 0 Å². The molecule has 3 aromatic rings. The lowest BCUT2D eigenvalue weighted by molar-refractivity contribution is 0.0862. The van der Waals surface area contributed by atoms with Gasteiger partial charge in [0, 0.05) is 23.9 Å². The molecule has 0 bridgehead atoms. The Hall–Kier alpha value is -2.18. The van der Waals surface area contributed by atoms with E-state index in [1.54, 1.807) is 0 Å². The molecular formula is C18H19N3O2S. The molecule has 1 fully saturated rings. The number of nitrogens with zero attached hydrogens (tertiary/aromatic N) is 1. The zero-order chi connectivity index (χ0) is 16.7. The van der Waals surface area contributed by atoms with E-state index >= 15 is 0 Å². The molecule has 5 nitrogen and oxygen atoms in total. The number of nitrogens with two attached hydrogens (primary N) is 1. The van der Waals surface area contributed by atoms with E-state index in [-0.39, 0.29) is 12.0 Å². The first-order valence-corrected chi connectivity index (χ1v) is 8.92. The molecule has 1 unspecified atom stereocenters. The van der Waals surface area contributed by atoms with Crippen molar-refractivity contribution >= 4 is 44.1 Å². The smallest absolute Gasteiger partial charge is 0.263 e. The molecule has 0 radical (unpaired) electrons. The molecular weight excluding hydrogens is 322 g/mol. The lowest BCUT2D eigenvalue weighted by Gasteiger charge is -2.10. The fraction of sp³-hybridized carbons (Fsp3) is 0.333. The van der Waals surface area contributed by atoms with Gasteiger partial charge in [0.05, 0.1) is 17.3 Å². The molecule has 4 rings (SSSR count). The Morgan fingerprint density at radius 2 is 2.33 bits per heavy atom. The van der Waals surface area contributed by atoms with Crippen LogP contribution in [-0.2, 0) is 4.74 Å². The van der Waals surface area contributed by atoms with Crippen molar-refractivity contribution in [2.45, 2.75) is 25.9 Å². The number of rotatable bonds is 3. The van der Waals surface area contributed by atoms with Gasteiger partial charge in [-0.3, -0.25) is 4.79 Å². The summed E-state index contributed by atoms with van der Waals surface area (Å²) in [6, 6.07) is 8.13. The third-order valence-electron chi connectivity index (χ3n) is 4.39. The van der Waals surface area contributed by atoms with Gasteiger partial charge in [-0.25, -0.2) is 4.98 Å². The summed E-state index contributed by atoms with van der Waals surface area (Å²) in [7, 11) is 0. The van der Waals surface area contributed by atoms with Crippen LogP contribution in [0.25, 0.3) is 21.1 Å². The summed E-state index contributed by atoms with van der Waals surface area (Å²) in [5, 5.41) is 4.82. The quantitative estimate of drug-likeness (QED) is 0.766. The van der Waals surface area contributed by atoms with Gasteiger partial charge in [0.15, 0.2) is 0 Å². The second-order valence-electron chi connectivity index (χ2n) is 6.23. The Balaban J connectivity index is 1.66. The zero-order valence-corrected chi connectivity index (χ0v) is 14.3. The van der Waals surface area contributed by atoms with Crippen LogP contribution in [0, 0.1) is 6.92 Å². The van der Waals surface area contributed by atoms with Gasteiger partial charge in [-0.1, -0.05) is 11.6 Å². The molecule has 1 aromatic carbocycles. The van der Waals surface area contributed by atoms with Crippen LogP contribution in [0.1, 0.15) is 28.1 Å². The molecule has 1 amide bonds. The monoisotopic (exact) mass is 341 g/mol. The SMILES string of the molecule is Cc1ccc2nc3sc(C(=O)NCC4CCCO4)c(N)c3cc2c1. The average molecular weight is 341 g/mol. The molecule has 24 heavy (non-hydrogen) atoms. The number of nitrogens with one attached hydrogen (secondary N) is 1. The normalized spacial score (nSPS) is 17.6. The Bertz CT molecular complexity index is 929. The van der Waals surface area contributed by atoms with Crippen molar-refractivity contribution in [1.82, 2.24) is 10.3 Å². The van der Waals surface area contributed by atoms with E-state index in [0.717, 1.165) is 40.6 Å². The Labute approximate surface area is 143 Å². The van der Waals surface area contributed by atoms with Gasteiger partial charge in [0.1, 0.15) is 9.71 Å². The number of anilines is 1. The van der Waals surface area contributed by atoms with Gasteiger partial charge in [-0.05, 0) is 38.0 Å². The number of pyridine rings is 1. The highest BCUT2D eigenvalue weighted by molar-refractivity contribution is 7.21. The summed E-state index contributed by atoms with van der Waals surface area (Å²) in [6.45, 7) is 3.35. The first-order chi connectivity index (χ1) is 11.6. The largest absolute Gasteiger partial charge is 0.397 e. The second kappa shape index (κ2) is 6.03.